The monoisotopic (exact) mass is 296 g/mol. The second kappa shape index (κ2) is 6.79. The number of alkyl halides is 2. The maximum atomic E-state index is 13.6. The molecular weight excluding hydrogens is 266 g/mol. The molecule has 0 heterocycles. The van der Waals surface area contributed by atoms with Crippen LogP contribution in [0.2, 0.25) is 0 Å². The molecule has 3 aliphatic rings. The van der Waals surface area contributed by atoms with Gasteiger partial charge in [0.2, 0.25) is 0 Å². The van der Waals surface area contributed by atoms with E-state index in [0.29, 0.717) is 24.7 Å². The summed E-state index contributed by atoms with van der Waals surface area (Å²) < 4.78 is 26.9. The summed E-state index contributed by atoms with van der Waals surface area (Å²) in [4.78, 5) is 0. The van der Waals surface area contributed by atoms with Crippen LogP contribution in [0.5, 0.6) is 0 Å². The normalized spacial score (nSPS) is 45.2. The largest absolute Gasteiger partial charge is 0.244 e. The minimum Gasteiger partial charge on any atom is -0.244 e. The Morgan fingerprint density at radius 1 is 0.857 bits per heavy atom. The van der Waals surface area contributed by atoms with Crippen LogP contribution in [-0.4, -0.2) is 12.3 Å². The van der Waals surface area contributed by atoms with Crippen molar-refractivity contribution in [2.24, 2.45) is 23.7 Å². The van der Waals surface area contributed by atoms with Crippen molar-refractivity contribution in [3.05, 3.63) is 11.6 Å². The highest BCUT2D eigenvalue weighted by Gasteiger charge is 2.36. The molecule has 0 spiro atoms. The molecule has 3 rings (SSSR count). The van der Waals surface area contributed by atoms with Crippen LogP contribution in [0, 0.1) is 23.7 Å². The van der Waals surface area contributed by atoms with Crippen LogP contribution in [0.3, 0.4) is 0 Å². The van der Waals surface area contributed by atoms with Crippen molar-refractivity contribution in [3.8, 4) is 0 Å². The van der Waals surface area contributed by atoms with Gasteiger partial charge in [-0.1, -0.05) is 18.6 Å². The van der Waals surface area contributed by atoms with E-state index in [9.17, 15) is 8.78 Å². The number of rotatable bonds is 2. The quantitative estimate of drug-likeness (QED) is 0.547. The first-order valence-electron chi connectivity index (χ1n) is 9.10. The van der Waals surface area contributed by atoms with Crippen LogP contribution in [0.4, 0.5) is 8.78 Å². The minimum absolute atomic E-state index is 0.452. The predicted octanol–water partition coefficient (Wildman–Crippen LogP) is 6.02. The fourth-order valence-electron chi connectivity index (χ4n) is 4.85. The molecule has 0 aromatic heterocycles. The average Bonchev–Trinajstić information content (AvgIpc) is 2.51. The van der Waals surface area contributed by atoms with Crippen LogP contribution in [0.1, 0.15) is 71.1 Å². The summed E-state index contributed by atoms with van der Waals surface area (Å²) in [6.07, 6.45) is 11.0. The van der Waals surface area contributed by atoms with Gasteiger partial charge in [-0.15, -0.1) is 0 Å². The van der Waals surface area contributed by atoms with E-state index in [1.807, 2.05) is 0 Å². The number of hydrogen-bond acceptors (Lipinski definition) is 0. The van der Waals surface area contributed by atoms with Crippen LogP contribution >= 0.6 is 0 Å². The van der Waals surface area contributed by atoms with Gasteiger partial charge in [-0.2, -0.15) is 0 Å². The Balaban J connectivity index is 1.49. The lowest BCUT2D eigenvalue weighted by molar-refractivity contribution is 0.0563. The molecule has 2 heteroatoms. The van der Waals surface area contributed by atoms with Gasteiger partial charge in [0.15, 0.2) is 0 Å². The highest BCUT2D eigenvalue weighted by atomic mass is 19.2. The lowest BCUT2D eigenvalue weighted by Crippen LogP contribution is -2.33. The van der Waals surface area contributed by atoms with Gasteiger partial charge in [0.1, 0.15) is 12.3 Å². The second-order valence-corrected chi connectivity index (χ2v) is 7.88. The molecule has 0 nitrogen and oxygen atoms in total. The van der Waals surface area contributed by atoms with E-state index in [0.717, 1.165) is 18.3 Å². The summed E-state index contributed by atoms with van der Waals surface area (Å²) in [6, 6.07) is 0. The molecule has 3 aliphatic carbocycles. The highest BCUT2D eigenvalue weighted by molar-refractivity contribution is 5.11. The van der Waals surface area contributed by atoms with Gasteiger partial charge in [-0.25, -0.2) is 8.78 Å². The summed E-state index contributed by atoms with van der Waals surface area (Å²) in [7, 11) is 0. The van der Waals surface area contributed by atoms with Crippen LogP contribution in [-0.2, 0) is 0 Å². The summed E-state index contributed by atoms with van der Waals surface area (Å²) in [5, 5.41) is 0. The van der Waals surface area contributed by atoms with Crippen molar-refractivity contribution in [1.82, 2.24) is 0 Å². The van der Waals surface area contributed by atoms with Gasteiger partial charge < -0.3 is 0 Å². The van der Waals surface area contributed by atoms with Gasteiger partial charge in [0.05, 0.1) is 0 Å². The van der Waals surface area contributed by atoms with Gasteiger partial charge in [0, 0.05) is 0 Å². The molecule has 0 saturated heterocycles. The van der Waals surface area contributed by atoms with E-state index in [1.54, 1.807) is 5.57 Å². The summed E-state index contributed by atoms with van der Waals surface area (Å²) in [5.41, 5.74) is 1.71. The third-order valence-electron chi connectivity index (χ3n) is 6.40. The molecule has 0 radical (unpaired) electrons. The van der Waals surface area contributed by atoms with E-state index in [2.05, 4.69) is 13.0 Å². The summed E-state index contributed by atoms with van der Waals surface area (Å²) in [6.45, 7) is 2.35. The Hall–Kier alpha value is -0.400. The minimum atomic E-state index is -1.19. The Kier molecular flexibility index (Phi) is 5.01. The fourth-order valence-corrected chi connectivity index (χ4v) is 4.85. The Morgan fingerprint density at radius 2 is 1.57 bits per heavy atom. The van der Waals surface area contributed by atoms with Crippen molar-refractivity contribution in [2.45, 2.75) is 83.5 Å². The molecule has 0 aromatic carbocycles. The van der Waals surface area contributed by atoms with Gasteiger partial charge in [-0.05, 0) is 87.9 Å². The first-order valence-corrected chi connectivity index (χ1v) is 9.10. The van der Waals surface area contributed by atoms with E-state index < -0.39 is 12.3 Å². The molecule has 0 aliphatic heterocycles. The maximum Gasteiger partial charge on any atom is 0.131 e. The SMILES string of the molecule is CC1CC=C(C2CCC(C3CCC(F)C(F)C3)CC2)CC1. The third kappa shape index (κ3) is 3.68. The van der Waals surface area contributed by atoms with Crippen molar-refractivity contribution in [1.29, 1.82) is 0 Å². The lowest BCUT2D eigenvalue weighted by atomic mass is 9.68. The number of halogens is 2. The van der Waals surface area contributed by atoms with Crippen LogP contribution in [0.25, 0.3) is 0 Å². The fraction of sp³-hybridized carbons (Fsp3) is 0.895. The molecule has 0 N–H and O–H groups in total. The van der Waals surface area contributed by atoms with E-state index in [-0.39, 0.29) is 0 Å². The van der Waals surface area contributed by atoms with Crippen molar-refractivity contribution in [3.63, 3.8) is 0 Å². The molecule has 4 atom stereocenters. The first-order chi connectivity index (χ1) is 10.1. The summed E-state index contributed by atoms with van der Waals surface area (Å²) >= 11 is 0. The Bertz CT molecular complexity index is 368. The molecule has 0 amide bonds. The second-order valence-electron chi connectivity index (χ2n) is 7.88. The number of allylic oxidation sites excluding steroid dienone is 2. The Labute approximate surface area is 128 Å². The standard InChI is InChI=1S/C19H30F2/c1-13-2-4-14(5-3-13)15-6-8-16(9-7-15)17-10-11-18(20)19(21)12-17/h4,13,15-19H,2-3,5-12H2,1H3. The van der Waals surface area contributed by atoms with Gasteiger partial charge >= 0.3 is 0 Å². The molecule has 2 saturated carbocycles. The zero-order valence-electron chi connectivity index (χ0n) is 13.4. The van der Waals surface area contributed by atoms with E-state index in [1.165, 1.54) is 44.9 Å². The number of hydrogen-bond donors (Lipinski definition) is 0. The molecule has 2 fully saturated rings. The van der Waals surface area contributed by atoms with Crippen molar-refractivity contribution >= 4 is 0 Å². The predicted molar refractivity (Wildman–Crippen MR) is 83.7 cm³/mol. The summed E-state index contributed by atoms with van der Waals surface area (Å²) in [5.74, 6) is 2.78. The van der Waals surface area contributed by atoms with Gasteiger partial charge in [0.25, 0.3) is 0 Å². The van der Waals surface area contributed by atoms with Crippen molar-refractivity contribution < 1.29 is 8.78 Å². The van der Waals surface area contributed by atoms with Gasteiger partial charge in [-0.3, -0.25) is 0 Å². The molecule has 120 valence electrons. The third-order valence-corrected chi connectivity index (χ3v) is 6.40. The average molecular weight is 296 g/mol. The molecular formula is C19H30F2. The topological polar surface area (TPSA) is 0 Å². The Morgan fingerprint density at radius 3 is 2.19 bits per heavy atom. The molecule has 0 aromatic rings. The molecule has 21 heavy (non-hydrogen) atoms. The zero-order valence-corrected chi connectivity index (χ0v) is 13.4. The molecule has 4 unspecified atom stereocenters. The van der Waals surface area contributed by atoms with Crippen LogP contribution in [0.15, 0.2) is 11.6 Å². The maximum absolute atomic E-state index is 13.6. The first kappa shape index (κ1) is 15.5. The highest BCUT2D eigenvalue weighted by Crippen LogP contribution is 2.44. The van der Waals surface area contributed by atoms with Crippen molar-refractivity contribution in [2.75, 3.05) is 0 Å². The van der Waals surface area contributed by atoms with E-state index in [4.69, 9.17) is 0 Å². The molecule has 0 bridgehead atoms. The smallest absolute Gasteiger partial charge is 0.131 e. The van der Waals surface area contributed by atoms with Crippen LogP contribution < -0.4 is 0 Å². The zero-order chi connectivity index (χ0) is 14.8. The van der Waals surface area contributed by atoms with E-state index >= 15 is 0 Å². The lowest BCUT2D eigenvalue weighted by Gasteiger charge is -2.38.